The Balaban J connectivity index is 2.38. The molecule has 3 aromatic rings. The Morgan fingerprint density at radius 2 is 2.05 bits per heavy atom. The number of nitrogens with one attached hydrogen (secondary N) is 1. The second kappa shape index (κ2) is 4.76. The highest BCUT2D eigenvalue weighted by Crippen LogP contribution is 2.33. The van der Waals surface area contributed by atoms with E-state index in [-0.39, 0.29) is 5.56 Å². The van der Waals surface area contributed by atoms with E-state index in [0.29, 0.717) is 11.2 Å². The highest BCUT2D eigenvalue weighted by Gasteiger charge is 2.12. The number of nitrogens with zero attached hydrogens (tertiary/aromatic N) is 1. The molecule has 0 spiro atoms. The number of rotatable bonds is 2. The summed E-state index contributed by atoms with van der Waals surface area (Å²) < 4.78 is 1.58. The molecular weight excluding hydrogens is 270 g/mol. The van der Waals surface area contributed by atoms with Crippen LogP contribution in [0, 0.1) is 0 Å². The molecule has 0 aliphatic heterocycles. The molecular formula is C15H15N3OS. The van der Waals surface area contributed by atoms with Gasteiger partial charge in [0.2, 0.25) is 0 Å². The lowest BCUT2D eigenvalue weighted by molar-refractivity contribution is 0.872. The molecule has 0 aliphatic carbocycles. The molecule has 3 N–H and O–H groups in total. The Kier molecular flexibility index (Phi) is 3.06. The third kappa shape index (κ3) is 1.91. The normalized spacial score (nSPS) is 11.1. The van der Waals surface area contributed by atoms with Gasteiger partial charge >= 0.3 is 0 Å². The highest BCUT2D eigenvalue weighted by molar-refractivity contribution is 7.98. The summed E-state index contributed by atoms with van der Waals surface area (Å²) >= 11 is 1.67. The fourth-order valence-electron chi connectivity index (χ4n) is 2.38. The molecule has 0 saturated carbocycles. The van der Waals surface area contributed by atoms with Crippen LogP contribution in [0.4, 0.5) is 5.69 Å². The molecule has 2 aromatic heterocycles. The van der Waals surface area contributed by atoms with Crippen LogP contribution < -0.4 is 11.3 Å². The van der Waals surface area contributed by atoms with Gasteiger partial charge in [0, 0.05) is 46.5 Å². The van der Waals surface area contributed by atoms with E-state index >= 15 is 0 Å². The number of aromatic nitrogens is 2. The van der Waals surface area contributed by atoms with Crippen molar-refractivity contribution in [2.45, 2.75) is 4.90 Å². The lowest BCUT2D eigenvalue weighted by Crippen LogP contribution is -2.16. The summed E-state index contributed by atoms with van der Waals surface area (Å²) in [6, 6.07) is 7.88. The SMILES string of the molecule is CSc1ccc(N)c(-c2cn(C)c(=O)c3[nH]ccc23)c1. The van der Waals surface area contributed by atoms with E-state index in [2.05, 4.69) is 11.1 Å². The Morgan fingerprint density at radius 1 is 1.25 bits per heavy atom. The van der Waals surface area contributed by atoms with Gasteiger partial charge < -0.3 is 15.3 Å². The minimum Gasteiger partial charge on any atom is -0.398 e. The zero-order valence-electron chi connectivity index (χ0n) is 11.3. The third-order valence-electron chi connectivity index (χ3n) is 3.44. The Morgan fingerprint density at radius 3 is 2.80 bits per heavy atom. The maximum Gasteiger partial charge on any atom is 0.274 e. The van der Waals surface area contributed by atoms with Crippen LogP contribution in [0.3, 0.4) is 0 Å². The zero-order chi connectivity index (χ0) is 14.3. The number of nitrogen functional groups attached to an aromatic ring is 1. The number of H-pyrrole nitrogens is 1. The second-order valence-corrected chi connectivity index (χ2v) is 5.56. The largest absolute Gasteiger partial charge is 0.398 e. The van der Waals surface area contributed by atoms with Crippen molar-refractivity contribution in [2.75, 3.05) is 12.0 Å². The zero-order valence-corrected chi connectivity index (χ0v) is 12.1. The van der Waals surface area contributed by atoms with Crippen molar-refractivity contribution < 1.29 is 0 Å². The van der Waals surface area contributed by atoms with Crippen LogP contribution in [0.15, 0.2) is 46.3 Å². The smallest absolute Gasteiger partial charge is 0.274 e. The number of fused-ring (bicyclic) bond motifs is 1. The number of nitrogens with two attached hydrogens (primary N) is 1. The summed E-state index contributed by atoms with van der Waals surface area (Å²) in [4.78, 5) is 16.2. The minimum atomic E-state index is -0.0339. The van der Waals surface area contributed by atoms with E-state index in [0.717, 1.165) is 21.4 Å². The van der Waals surface area contributed by atoms with E-state index in [9.17, 15) is 4.79 Å². The lowest BCUT2D eigenvalue weighted by atomic mass is 10.0. The molecule has 0 radical (unpaired) electrons. The maximum absolute atomic E-state index is 12.1. The molecule has 102 valence electrons. The van der Waals surface area contributed by atoms with Crippen molar-refractivity contribution in [1.82, 2.24) is 9.55 Å². The van der Waals surface area contributed by atoms with Gasteiger partial charge in [-0.2, -0.15) is 0 Å². The Bertz CT molecular complexity index is 848. The van der Waals surface area contributed by atoms with E-state index in [4.69, 9.17) is 5.73 Å². The first kappa shape index (κ1) is 12.9. The number of thioether (sulfide) groups is 1. The van der Waals surface area contributed by atoms with Gasteiger partial charge in [0.1, 0.15) is 5.52 Å². The summed E-state index contributed by atoms with van der Waals surface area (Å²) in [5, 5.41) is 0.901. The van der Waals surface area contributed by atoms with E-state index < -0.39 is 0 Å². The molecule has 0 unspecified atom stereocenters. The average molecular weight is 285 g/mol. The predicted octanol–water partition coefficient (Wildman–Crippen LogP) is 2.84. The first-order valence-electron chi connectivity index (χ1n) is 6.22. The summed E-state index contributed by atoms with van der Waals surface area (Å²) in [7, 11) is 1.75. The molecule has 20 heavy (non-hydrogen) atoms. The highest BCUT2D eigenvalue weighted by atomic mass is 32.2. The summed E-state index contributed by atoms with van der Waals surface area (Å²) in [6.45, 7) is 0. The average Bonchev–Trinajstić information content (AvgIpc) is 2.93. The van der Waals surface area contributed by atoms with Crippen molar-refractivity contribution >= 4 is 28.4 Å². The number of pyridine rings is 1. The molecule has 0 atom stereocenters. The standard InChI is InChI=1S/C15H15N3OS/c1-18-8-12(10-5-6-17-14(10)15(18)19)11-7-9(20-2)3-4-13(11)16/h3-8,17H,16H2,1-2H3. The molecule has 0 saturated heterocycles. The van der Waals surface area contributed by atoms with Gasteiger partial charge in [-0.05, 0) is 30.5 Å². The van der Waals surface area contributed by atoms with Crippen molar-refractivity contribution in [2.24, 2.45) is 7.05 Å². The maximum atomic E-state index is 12.1. The van der Waals surface area contributed by atoms with Crippen LogP contribution in [0.2, 0.25) is 0 Å². The van der Waals surface area contributed by atoms with Crippen molar-refractivity contribution in [3.8, 4) is 11.1 Å². The summed E-state index contributed by atoms with van der Waals surface area (Å²) in [5.41, 5.74) is 9.33. The number of benzene rings is 1. The molecule has 0 bridgehead atoms. The molecule has 0 fully saturated rings. The first-order chi connectivity index (χ1) is 9.61. The minimum absolute atomic E-state index is 0.0339. The summed E-state index contributed by atoms with van der Waals surface area (Å²) in [6.07, 6.45) is 5.65. The van der Waals surface area contributed by atoms with Gasteiger partial charge in [0.05, 0.1) is 0 Å². The Labute approximate surface area is 120 Å². The van der Waals surface area contributed by atoms with Crippen LogP contribution in [0.25, 0.3) is 22.0 Å². The lowest BCUT2D eigenvalue weighted by Gasteiger charge is -2.11. The van der Waals surface area contributed by atoms with Crippen molar-refractivity contribution in [1.29, 1.82) is 0 Å². The number of anilines is 1. The number of hydrogen-bond donors (Lipinski definition) is 2. The second-order valence-electron chi connectivity index (χ2n) is 4.68. The molecule has 5 heteroatoms. The molecule has 0 amide bonds. The number of aryl methyl sites for hydroxylation is 1. The van der Waals surface area contributed by atoms with Gasteiger partial charge in [-0.15, -0.1) is 11.8 Å². The molecule has 4 nitrogen and oxygen atoms in total. The van der Waals surface area contributed by atoms with Crippen LogP contribution in [-0.4, -0.2) is 15.8 Å². The monoisotopic (exact) mass is 285 g/mol. The molecule has 1 aromatic carbocycles. The predicted molar refractivity (Wildman–Crippen MR) is 85.2 cm³/mol. The van der Waals surface area contributed by atoms with E-state index in [1.54, 1.807) is 29.6 Å². The first-order valence-corrected chi connectivity index (χ1v) is 7.45. The fraction of sp³-hybridized carbons (Fsp3) is 0.133. The molecule has 3 rings (SSSR count). The quantitative estimate of drug-likeness (QED) is 0.562. The van der Waals surface area contributed by atoms with Crippen molar-refractivity contribution in [3.63, 3.8) is 0 Å². The van der Waals surface area contributed by atoms with Crippen LogP contribution in [0.5, 0.6) is 0 Å². The van der Waals surface area contributed by atoms with Crippen LogP contribution in [-0.2, 0) is 7.05 Å². The van der Waals surface area contributed by atoms with E-state index in [1.165, 1.54) is 0 Å². The van der Waals surface area contributed by atoms with Crippen LogP contribution in [0.1, 0.15) is 0 Å². The van der Waals surface area contributed by atoms with E-state index in [1.807, 2.05) is 30.7 Å². The third-order valence-corrected chi connectivity index (χ3v) is 4.17. The molecule has 0 aliphatic rings. The Hall–Kier alpha value is -2.14. The summed E-state index contributed by atoms with van der Waals surface area (Å²) in [5.74, 6) is 0. The fourth-order valence-corrected chi connectivity index (χ4v) is 2.82. The van der Waals surface area contributed by atoms with Crippen LogP contribution >= 0.6 is 11.8 Å². The van der Waals surface area contributed by atoms with Crippen molar-refractivity contribution in [3.05, 3.63) is 47.0 Å². The van der Waals surface area contributed by atoms with Gasteiger partial charge in [-0.25, -0.2) is 0 Å². The van der Waals surface area contributed by atoms with Gasteiger partial charge in [-0.1, -0.05) is 0 Å². The van der Waals surface area contributed by atoms with Gasteiger partial charge in [0.25, 0.3) is 5.56 Å². The molecule has 2 heterocycles. The topological polar surface area (TPSA) is 63.8 Å². The van der Waals surface area contributed by atoms with Gasteiger partial charge in [0.15, 0.2) is 0 Å². The number of aromatic amines is 1. The number of hydrogen-bond acceptors (Lipinski definition) is 3. The van der Waals surface area contributed by atoms with Gasteiger partial charge in [-0.3, -0.25) is 4.79 Å².